The van der Waals surface area contributed by atoms with Crippen LogP contribution < -0.4 is 18.9 Å². The van der Waals surface area contributed by atoms with Crippen molar-refractivity contribution in [1.29, 1.82) is 0 Å². The predicted molar refractivity (Wildman–Crippen MR) is 163 cm³/mol. The second-order valence-corrected chi connectivity index (χ2v) is 11.1. The maximum absolute atomic E-state index is 13.0. The first-order valence-electron chi connectivity index (χ1n) is 14.7. The number of carbonyl (C=O) groups is 4. The average molecular weight is 665 g/mol. The molecule has 0 aliphatic carbocycles. The summed E-state index contributed by atoms with van der Waals surface area (Å²) >= 11 is 0. The van der Waals surface area contributed by atoms with Gasteiger partial charge in [-0.25, -0.2) is 0 Å². The SMILES string of the molecule is Cc1ccc(C(=O)CCC(=O)c2ccc3c(c2)OC(F)(F)O3)cc1.Cc1cccc(C(=O)CCC(=O)c2ccc3c(c2)OC(F)(F)O3)c1. The number of rotatable bonds is 10. The van der Waals surface area contributed by atoms with E-state index in [2.05, 4.69) is 18.9 Å². The molecule has 0 fully saturated rings. The lowest BCUT2D eigenvalue weighted by Crippen LogP contribution is -2.25. The van der Waals surface area contributed by atoms with Crippen molar-refractivity contribution in [3.63, 3.8) is 0 Å². The lowest BCUT2D eigenvalue weighted by Gasteiger charge is -2.04. The molecule has 0 saturated heterocycles. The molecular weight excluding hydrogens is 636 g/mol. The third-order valence-corrected chi connectivity index (χ3v) is 7.32. The van der Waals surface area contributed by atoms with Crippen LogP contribution in [-0.4, -0.2) is 35.7 Å². The first-order chi connectivity index (χ1) is 22.7. The molecule has 6 rings (SSSR count). The maximum Gasteiger partial charge on any atom is 0.586 e. The highest BCUT2D eigenvalue weighted by Gasteiger charge is 2.44. The van der Waals surface area contributed by atoms with E-state index in [1.54, 1.807) is 30.3 Å². The van der Waals surface area contributed by atoms with E-state index in [4.69, 9.17) is 0 Å². The van der Waals surface area contributed by atoms with Crippen LogP contribution in [0.3, 0.4) is 0 Å². The number of ether oxygens (including phenoxy) is 4. The van der Waals surface area contributed by atoms with Gasteiger partial charge in [0.15, 0.2) is 46.1 Å². The predicted octanol–water partition coefficient (Wildman–Crippen LogP) is 8.32. The zero-order chi connectivity index (χ0) is 34.6. The van der Waals surface area contributed by atoms with Gasteiger partial charge in [0.05, 0.1) is 0 Å². The van der Waals surface area contributed by atoms with Crippen molar-refractivity contribution < 1.29 is 55.7 Å². The second-order valence-electron chi connectivity index (χ2n) is 11.1. The molecule has 4 aromatic carbocycles. The topological polar surface area (TPSA) is 105 Å². The molecule has 0 unspecified atom stereocenters. The molecule has 2 aliphatic rings. The summed E-state index contributed by atoms with van der Waals surface area (Å²) in [6, 6.07) is 21.9. The first kappa shape index (κ1) is 33.8. The molecule has 48 heavy (non-hydrogen) atoms. The number of ketones is 4. The third-order valence-electron chi connectivity index (χ3n) is 7.32. The van der Waals surface area contributed by atoms with Crippen molar-refractivity contribution in [3.05, 3.63) is 118 Å². The van der Waals surface area contributed by atoms with Crippen LogP contribution in [0.2, 0.25) is 0 Å². The quantitative estimate of drug-likeness (QED) is 0.123. The van der Waals surface area contributed by atoms with Gasteiger partial charge in [-0.15, -0.1) is 17.6 Å². The van der Waals surface area contributed by atoms with Crippen LogP contribution in [0, 0.1) is 13.8 Å². The summed E-state index contributed by atoms with van der Waals surface area (Å²) in [6.45, 7) is 3.80. The molecule has 0 bridgehead atoms. The summed E-state index contributed by atoms with van der Waals surface area (Å²) in [5.74, 6) is -1.53. The first-order valence-corrected chi connectivity index (χ1v) is 14.7. The average Bonchev–Trinajstić information content (AvgIpc) is 3.54. The normalized spacial score (nSPS) is 14.5. The lowest BCUT2D eigenvalue weighted by atomic mass is 10.0. The number of halogens is 4. The van der Waals surface area contributed by atoms with Gasteiger partial charge in [0, 0.05) is 47.9 Å². The molecule has 0 saturated carbocycles. The van der Waals surface area contributed by atoms with E-state index in [0.717, 1.165) is 11.1 Å². The summed E-state index contributed by atoms with van der Waals surface area (Å²) in [5, 5.41) is 0. The van der Waals surface area contributed by atoms with E-state index in [-0.39, 0.29) is 82.9 Å². The van der Waals surface area contributed by atoms with Gasteiger partial charge < -0.3 is 18.9 Å². The zero-order valence-corrected chi connectivity index (χ0v) is 25.7. The Morgan fingerprint density at radius 3 is 1.27 bits per heavy atom. The van der Waals surface area contributed by atoms with Gasteiger partial charge in [-0.05, 0) is 56.3 Å². The number of hydrogen-bond donors (Lipinski definition) is 0. The van der Waals surface area contributed by atoms with Crippen LogP contribution >= 0.6 is 0 Å². The minimum Gasteiger partial charge on any atom is -0.395 e. The molecule has 8 nitrogen and oxygen atoms in total. The number of alkyl halides is 4. The van der Waals surface area contributed by atoms with Crippen LogP contribution in [0.1, 0.15) is 78.2 Å². The summed E-state index contributed by atoms with van der Waals surface area (Å²) in [6.07, 6.45) is -7.36. The van der Waals surface area contributed by atoms with Crippen LogP contribution in [0.5, 0.6) is 23.0 Å². The van der Waals surface area contributed by atoms with Gasteiger partial charge in [-0.3, -0.25) is 19.2 Å². The molecule has 0 N–H and O–H groups in total. The Morgan fingerprint density at radius 1 is 0.458 bits per heavy atom. The van der Waals surface area contributed by atoms with Crippen molar-refractivity contribution >= 4 is 23.1 Å². The fraction of sp³-hybridized carbons (Fsp3) is 0.222. The lowest BCUT2D eigenvalue weighted by molar-refractivity contribution is -0.287. The smallest absolute Gasteiger partial charge is 0.395 e. The Bertz CT molecular complexity index is 1890. The molecule has 0 amide bonds. The Labute approximate surface area is 272 Å². The number of benzene rings is 4. The summed E-state index contributed by atoms with van der Waals surface area (Å²) < 4.78 is 69.1. The highest BCUT2D eigenvalue weighted by molar-refractivity contribution is 6.03. The minimum atomic E-state index is -3.72. The molecule has 0 aromatic heterocycles. The second kappa shape index (κ2) is 13.7. The van der Waals surface area contributed by atoms with E-state index >= 15 is 0 Å². The maximum atomic E-state index is 13.0. The molecule has 4 aromatic rings. The van der Waals surface area contributed by atoms with E-state index in [9.17, 15) is 36.7 Å². The molecule has 248 valence electrons. The zero-order valence-electron chi connectivity index (χ0n) is 25.7. The molecule has 0 atom stereocenters. The van der Waals surface area contributed by atoms with Gasteiger partial charge in [0.25, 0.3) is 0 Å². The highest BCUT2D eigenvalue weighted by atomic mass is 19.3. The Hall–Kier alpha value is -5.52. The van der Waals surface area contributed by atoms with Gasteiger partial charge in [-0.2, -0.15) is 0 Å². The summed E-state index contributed by atoms with van der Waals surface area (Å²) in [4.78, 5) is 48.5. The van der Waals surface area contributed by atoms with Crippen molar-refractivity contribution in [2.45, 2.75) is 52.1 Å². The van der Waals surface area contributed by atoms with E-state index in [0.29, 0.717) is 11.1 Å². The number of hydrogen-bond acceptors (Lipinski definition) is 8. The molecule has 2 heterocycles. The fourth-order valence-electron chi connectivity index (χ4n) is 4.83. The van der Waals surface area contributed by atoms with Crippen molar-refractivity contribution in [2.24, 2.45) is 0 Å². The third kappa shape index (κ3) is 8.44. The number of carbonyl (C=O) groups excluding carboxylic acids is 4. The summed E-state index contributed by atoms with van der Waals surface area (Å²) in [7, 11) is 0. The monoisotopic (exact) mass is 664 g/mol. The Kier molecular flexibility index (Phi) is 9.64. The van der Waals surface area contributed by atoms with Gasteiger partial charge in [-0.1, -0.05) is 53.6 Å². The van der Waals surface area contributed by atoms with E-state index in [1.807, 2.05) is 32.0 Å². The van der Waals surface area contributed by atoms with Gasteiger partial charge in [0.2, 0.25) is 0 Å². The molecule has 0 radical (unpaired) electrons. The Balaban J connectivity index is 0.000000188. The van der Waals surface area contributed by atoms with E-state index in [1.165, 1.54) is 36.4 Å². The standard InChI is InChI=1S/2C18H14F2O4/c1-11-2-4-12(5-3-11)14(21)7-8-15(22)13-6-9-16-17(10-13)24-18(19,20)23-16;1-11-3-2-4-12(9-11)14(21)6-7-15(22)13-5-8-16-17(10-13)24-18(19,20)23-16/h2-6,9-10H,7-8H2,1H3;2-5,8-10H,6-7H2,1H3. The molecule has 12 heteroatoms. The summed E-state index contributed by atoms with van der Waals surface area (Å²) in [5.41, 5.74) is 3.49. The fourth-order valence-corrected chi connectivity index (χ4v) is 4.83. The van der Waals surface area contributed by atoms with Gasteiger partial charge in [0.1, 0.15) is 0 Å². The van der Waals surface area contributed by atoms with Gasteiger partial charge >= 0.3 is 12.6 Å². The van der Waals surface area contributed by atoms with Crippen molar-refractivity contribution in [2.75, 3.05) is 0 Å². The highest BCUT2D eigenvalue weighted by Crippen LogP contribution is 2.42. The van der Waals surface area contributed by atoms with E-state index < -0.39 is 12.6 Å². The molecule has 2 aliphatic heterocycles. The largest absolute Gasteiger partial charge is 0.586 e. The van der Waals surface area contributed by atoms with Crippen molar-refractivity contribution in [1.82, 2.24) is 0 Å². The molecular formula is C36H28F4O8. The molecule has 0 spiro atoms. The van der Waals surface area contributed by atoms with Crippen LogP contribution in [-0.2, 0) is 0 Å². The number of aryl methyl sites for hydroxylation is 2. The van der Waals surface area contributed by atoms with Crippen LogP contribution in [0.25, 0.3) is 0 Å². The van der Waals surface area contributed by atoms with Crippen LogP contribution in [0.4, 0.5) is 17.6 Å². The Morgan fingerprint density at radius 2 is 0.833 bits per heavy atom. The number of Topliss-reactive ketones (excluding diaryl/α,β-unsaturated/α-hetero) is 4. The minimum absolute atomic E-state index is 0.0111. The van der Waals surface area contributed by atoms with Crippen LogP contribution in [0.15, 0.2) is 84.9 Å². The number of fused-ring (bicyclic) bond motifs is 2. The van der Waals surface area contributed by atoms with Crippen molar-refractivity contribution in [3.8, 4) is 23.0 Å².